The van der Waals surface area contributed by atoms with Gasteiger partial charge >= 0.3 is 0 Å². The summed E-state index contributed by atoms with van der Waals surface area (Å²) in [6, 6.07) is 4.05. The largest absolute Gasteiger partial charge is 0.341 e. The average molecular weight is 313 g/mol. The summed E-state index contributed by atoms with van der Waals surface area (Å²) in [5.74, 6) is 0.401. The van der Waals surface area contributed by atoms with Gasteiger partial charge in [0, 0.05) is 18.7 Å². The summed E-state index contributed by atoms with van der Waals surface area (Å²) in [4.78, 5) is 14.6. The van der Waals surface area contributed by atoms with Crippen LogP contribution < -0.4 is 4.90 Å². The highest BCUT2D eigenvalue weighted by Crippen LogP contribution is 2.28. The van der Waals surface area contributed by atoms with Crippen LogP contribution in [-0.2, 0) is 0 Å². The lowest BCUT2D eigenvalue weighted by Gasteiger charge is -2.15. The van der Waals surface area contributed by atoms with Crippen molar-refractivity contribution in [1.82, 2.24) is 15.0 Å². The molecule has 20 heavy (non-hydrogen) atoms. The molecule has 1 aliphatic heterocycles. The first-order chi connectivity index (χ1) is 9.63. The van der Waals surface area contributed by atoms with E-state index in [1.165, 1.54) is 18.2 Å². The van der Waals surface area contributed by atoms with Gasteiger partial charge in [0.05, 0.1) is 5.02 Å². The number of halogens is 3. The fourth-order valence-corrected chi connectivity index (χ4v) is 2.55. The molecule has 1 saturated heterocycles. The Balaban J connectivity index is 2.06. The van der Waals surface area contributed by atoms with Crippen LogP contribution in [0.1, 0.15) is 12.8 Å². The number of benzene rings is 1. The van der Waals surface area contributed by atoms with Gasteiger partial charge in [-0.25, -0.2) is 4.39 Å². The molecule has 3 rings (SSSR count). The zero-order valence-corrected chi connectivity index (χ0v) is 12.0. The first kappa shape index (κ1) is 13.5. The van der Waals surface area contributed by atoms with Gasteiger partial charge in [-0.2, -0.15) is 15.0 Å². The van der Waals surface area contributed by atoms with Crippen molar-refractivity contribution in [2.45, 2.75) is 12.8 Å². The third-order valence-electron chi connectivity index (χ3n) is 3.15. The molecule has 0 N–H and O–H groups in total. The van der Waals surface area contributed by atoms with Crippen molar-refractivity contribution in [2.24, 2.45) is 0 Å². The highest BCUT2D eigenvalue weighted by atomic mass is 35.5. The second-order valence-electron chi connectivity index (χ2n) is 4.55. The zero-order valence-electron chi connectivity index (χ0n) is 10.5. The van der Waals surface area contributed by atoms with Crippen molar-refractivity contribution in [3.63, 3.8) is 0 Å². The fourth-order valence-electron chi connectivity index (χ4n) is 2.19. The van der Waals surface area contributed by atoms with Crippen LogP contribution in [0.15, 0.2) is 18.2 Å². The van der Waals surface area contributed by atoms with Gasteiger partial charge in [0.15, 0.2) is 5.82 Å². The molecule has 2 heterocycles. The maximum absolute atomic E-state index is 13.4. The minimum atomic E-state index is -0.399. The molecule has 1 aliphatic rings. The van der Waals surface area contributed by atoms with E-state index in [2.05, 4.69) is 15.0 Å². The van der Waals surface area contributed by atoms with Gasteiger partial charge < -0.3 is 4.90 Å². The smallest absolute Gasteiger partial charge is 0.230 e. The lowest BCUT2D eigenvalue weighted by Crippen LogP contribution is -2.21. The van der Waals surface area contributed by atoms with E-state index in [4.69, 9.17) is 23.2 Å². The van der Waals surface area contributed by atoms with Gasteiger partial charge in [-0.15, -0.1) is 0 Å². The van der Waals surface area contributed by atoms with Crippen LogP contribution in [0.3, 0.4) is 0 Å². The quantitative estimate of drug-likeness (QED) is 0.850. The van der Waals surface area contributed by atoms with Crippen LogP contribution in [0.4, 0.5) is 10.3 Å². The number of nitrogens with zero attached hydrogens (tertiary/aromatic N) is 4. The van der Waals surface area contributed by atoms with E-state index >= 15 is 0 Å². The third kappa shape index (κ3) is 2.69. The topological polar surface area (TPSA) is 41.9 Å². The van der Waals surface area contributed by atoms with Gasteiger partial charge in [0.25, 0.3) is 0 Å². The third-order valence-corrected chi connectivity index (χ3v) is 3.65. The normalized spacial score (nSPS) is 14.8. The Kier molecular flexibility index (Phi) is 3.72. The van der Waals surface area contributed by atoms with Crippen molar-refractivity contribution in [3.8, 4) is 11.4 Å². The summed E-state index contributed by atoms with van der Waals surface area (Å²) in [5.41, 5.74) is 0.413. The molecule has 4 nitrogen and oxygen atoms in total. The Hall–Kier alpha value is -1.46. The predicted molar refractivity (Wildman–Crippen MR) is 76.7 cm³/mol. The minimum Gasteiger partial charge on any atom is -0.341 e. The molecular formula is C13H11Cl2FN4. The number of anilines is 1. The second-order valence-corrected chi connectivity index (χ2v) is 5.29. The van der Waals surface area contributed by atoms with Crippen LogP contribution in [-0.4, -0.2) is 28.0 Å². The Morgan fingerprint density at radius 2 is 1.80 bits per heavy atom. The molecule has 0 spiro atoms. The van der Waals surface area contributed by atoms with Gasteiger partial charge in [-0.3, -0.25) is 0 Å². The highest BCUT2D eigenvalue weighted by molar-refractivity contribution is 6.33. The highest BCUT2D eigenvalue weighted by Gasteiger charge is 2.18. The van der Waals surface area contributed by atoms with E-state index < -0.39 is 5.82 Å². The summed E-state index contributed by atoms with van der Waals surface area (Å²) < 4.78 is 13.4. The van der Waals surface area contributed by atoms with Gasteiger partial charge in [-0.1, -0.05) is 11.6 Å². The summed E-state index contributed by atoms with van der Waals surface area (Å²) in [6.07, 6.45) is 2.19. The maximum atomic E-state index is 13.4. The van der Waals surface area contributed by atoms with Crippen molar-refractivity contribution in [3.05, 3.63) is 34.3 Å². The molecule has 0 amide bonds. The molecule has 1 fully saturated rings. The van der Waals surface area contributed by atoms with E-state index in [-0.39, 0.29) is 11.1 Å². The number of hydrogen-bond acceptors (Lipinski definition) is 4. The van der Waals surface area contributed by atoms with E-state index in [9.17, 15) is 4.39 Å². The molecule has 0 unspecified atom stereocenters. The van der Waals surface area contributed by atoms with Crippen LogP contribution in [0.2, 0.25) is 10.3 Å². The summed E-state index contributed by atoms with van der Waals surface area (Å²) in [5, 5.41) is 0.457. The second kappa shape index (κ2) is 5.50. The van der Waals surface area contributed by atoms with Gasteiger partial charge in [-0.05, 0) is 42.6 Å². The molecule has 7 heteroatoms. The Morgan fingerprint density at radius 1 is 1.05 bits per heavy atom. The summed E-state index contributed by atoms with van der Waals surface area (Å²) in [6.45, 7) is 1.77. The summed E-state index contributed by atoms with van der Waals surface area (Å²) >= 11 is 12.0. The zero-order chi connectivity index (χ0) is 14.1. The first-order valence-electron chi connectivity index (χ1n) is 6.25. The van der Waals surface area contributed by atoms with Crippen LogP contribution in [0.5, 0.6) is 0 Å². The Bertz CT molecular complexity index is 644. The predicted octanol–water partition coefficient (Wildman–Crippen LogP) is 3.58. The molecule has 0 bridgehead atoms. The number of hydrogen-bond donors (Lipinski definition) is 0. The van der Waals surface area contributed by atoms with E-state index in [1.54, 1.807) is 0 Å². The summed E-state index contributed by atoms with van der Waals surface area (Å²) in [7, 11) is 0. The Morgan fingerprint density at radius 3 is 2.55 bits per heavy atom. The molecule has 1 aromatic carbocycles. The number of rotatable bonds is 2. The average Bonchev–Trinajstić information content (AvgIpc) is 2.95. The molecule has 0 saturated carbocycles. The molecule has 104 valence electrons. The lowest BCUT2D eigenvalue weighted by atomic mass is 10.2. The fraction of sp³-hybridized carbons (Fsp3) is 0.308. The van der Waals surface area contributed by atoms with Crippen molar-refractivity contribution >= 4 is 29.2 Å². The lowest BCUT2D eigenvalue weighted by molar-refractivity contribution is 0.628. The monoisotopic (exact) mass is 312 g/mol. The van der Waals surface area contributed by atoms with Crippen LogP contribution in [0.25, 0.3) is 11.4 Å². The van der Waals surface area contributed by atoms with Crippen molar-refractivity contribution < 1.29 is 4.39 Å². The van der Waals surface area contributed by atoms with E-state index in [0.717, 1.165) is 25.9 Å². The first-order valence-corrected chi connectivity index (χ1v) is 7.01. The standard InChI is InChI=1S/C13H11Cl2FN4/c14-10-4-3-8(16)7-9(10)11-17-12(15)19-13(18-11)20-5-1-2-6-20/h3-4,7H,1-2,5-6H2. The minimum absolute atomic E-state index is 0.0808. The van der Waals surface area contributed by atoms with Crippen LogP contribution >= 0.6 is 23.2 Å². The molecule has 1 aromatic heterocycles. The molecule has 0 aliphatic carbocycles. The van der Waals surface area contributed by atoms with Crippen molar-refractivity contribution in [1.29, 1.82) is 0 Å². The molecular weight excluding hydrogens is 302 g/mol. The Labute approximate surface area is 125 Å². The SMILES string of the molecule is Fc1ccc(Cl)c(-c2nc(Cl)nc(N3CCCC3)n2)c1. The van der Waals surface area contributed by atoms with Gasteiger partial charge in [0.2, 0.25) is 11.2 Å². The van der Waals surface area contributed by atoms with Crippen molar-refractivity contribution in [2.75, 3.05) is 18.0 Å². The van der Waals surface area contributed by atoms with Gasteiger partial charge in [0.1, 0.15) is 5.82 Å². The molecule has 0 radical (unpaired) electrons. The van der Waals surface area contributed by atoms with Crippen LogP contribution in [0, 0.1) is 5.82 Å². The van der Waals surface area contributed by atoms with E-state index in [0.29, 0.717) is 16.5 Å². The maximum Gasteiger partial charge on any atom is 0.230 e. The number of aromatic nitrogens is 3. The molecule has 0 atom stereocenters. The van der Waals surface area contributed by atoms with E-state index in [1.807, 2.05) is 4.90 Å². The molecule has 2 aromatic rings.